The fraction of sp³-hybridized carbons (Fsp3) is 0.824. The van der Waals surface area contributed by atoms with Gasteiger partial charge in [-0.3, -0.25) is 4.79 Å². The predicted molar refractivity (Wildman–Crippen MR) is 80.1 cm³/mol. The van der Waals surface area contributed by atoms with Gasteiger partial charge in [-0.05, 0) is 44.4 Å². The first kappa shape index (κ1) is 16.3. The molecule has 2 heteroatoms. The number of hydrogen-bond donors (Lipinski definition) is 0. The predicted octanol–water partition coefficient (Wildman–Crippen LogP) is 5.03. The van der Waals surface area contributed by atoms with E-state index in [1.54, 1.807) is 0 Å². The molecule has 2 nitrogen and oxygen atoms in total. The lowest BCUT2D eigenvalue weighted by Crippen LogP contribution is -2.05. The molecule has 0 aromatic heterocycles. The summed E-state index contributed by atoms with van der Waals surface area (Å²) < 4.78 is 5.19. The Morgan fingerprint density at radius 1 is 1.21 bits per heavy atom. The quantitative estimate of drug-likeness (QED) is 0.315. The van der Waals surface area contributed by atoms with Crippen LogP contribution in [0.3, 0.4) is 0 Å². The van der Waals surface area contributed by atoms with Gasteiger partial charge < -0.3 is 4.74 Å². The number of hydrogen-bond acceptors (Lipinski definition) is 2. The van der Waals surface area contributed by atoms with Gasteiger partial charge in [0.15, 0.2) is 0 Å². The maximum Gasteiger partial charge on any atom is 0.305 e. The van der Waals surface area contributed by atoms with Crippen LogP contribution >= 0.6 is 0 Å². The summed E-state index contributed by atoms with van der Waals surface area (Å²) in [4.78, 5) is 11.4. The molecule has 0 radical (unpaired) electrons. The molecule has 0 aromatic rings. The molecule has 1 rings (SSSR count). The molecule has 0 aromatic carbocycles. The van der Waals surface area contributed by atoms with Crippen LogP contribution in [0, 0.1) is 5.92 Å². The lowest BCUT2D eigenvalue weighted by atomic mass is 9.91. The second kappa shape index (κ2) is 11.1. The minimum atomic E-state index is -0.00587. The molecule has 1 unspecified atom stereocenters. The van der Waals surface area contributed by atoms with Gasteiger partial charge in [-0.15, -0.1) is 0 Å². The topological polar surface area (TPSA) is 26.3 Å². The van der Waals surface area contributed by atoms with Crippen molar-refractivity contribution in [2.24, 2.45) is 5.92 Å². The SMILES string of the molecule is CCCCCOC(=O)CCCCCC1C=CCCC1. The molecule has 1 atom stereocenters. The number of ether oxygens (including phenoxy) is 1. The Morgan fingerprint density at radius 3 is 2.84 bits per heavy atom. The standard InChI is InChI=1S/C17H30O2/c1-2-3-10-15-19-17(18)14-9-5-8-13-16-11-6-4-7-12-16/h6,11,16H,2-5,7-10,12-15H2,1H3. The van der Waals surface area contributed by atoms with E-state index in [2.05, 4.69) is 19.1 Å². The Kier molecular flexibility index (Phi) is 9.48. The second-order valence-electron chi connectivity index (χ2n) is 5.65. The Balaban J connectivity index is 1.88. The van der Waals surface area contributed by atoms with Gasteiger partial charge in [0.1, 0.15) is 0 Å². The van der Waals surface area contributed by atoms with Crippen LogP contribution in [-0.4, -0.2) is 12.6 Å². The molecular weight excluding hydrogens is 236 g/mol. The zero-order valence-electron chi connectivity index (χ0n) is 12.5. The average molecular weight is 266 g/mol. The molecule has 1 aliphatic rings. The molecule has 1 aliphatic carbocycles. The third-order valence-corrected chi connectivity index (χ3v) is 3.82. The molecule has 0 bridgehead atoms. The maximum absolute atomic E-state index is 11.4. The highest BCUT2D eigenvalue weighted by Crippen LogP contribution is 2.22. The van der Waals surface area contributed by atoms with Crippen molar-refractivity contribution in [3.8, 4) is 0 Å². The molecule has 0 heterocycles. The molecule has 0 fully saturated rings. The van der Waals surface area contributed by atoms with Crippen LogP contribution in [0.25, 0.3) is 0 Å². The van der Waals surface area contributed by atoms with Crippen LogP contribution in [0.1, 0.15) is 77.6 Å². The summed E-state index contributed by atoms with van der Waals surface area (Å²) in [6, 6.07) is 0. The van der Waals surface area contributed by atoms with Crippen molar-refractivity contribution in [1.82, 2.24) is 0 Å². The lowest BCUT2D eigenvalue weighted by Gasteiger charge is -2.15. The molecule has 19 heavy (non-hydrogen) atoms. The van der Waals surface area contributed by atoms with E-state index in [9.17, 15) is 4.79 Å². The van der Waals surface area contributed by atoms with Gasteiger partial charge in [0.05, 0.1) is 6.61 Å². The van der Waals surface area contributed by atoms with E-state index in [1.807, 2.05) is 0 Å². The van der Waals surface area contributed by atoms with Crippen molar-refractivity contribution in [2.45, 2.75) is 77.6 Å². The Labute approximate surface area is 118 Å². The zero-order chi connectivity index (χ0) is 13.8. The highest BCUT2D eigenvalue weighted by atomic mass is 16.5. The summed E-state index contributed by atoms with van der Waals surface area (Å²) >= 11 is 0. The molecule has 0 aliphatic heterocycles. The lowest BCUT2D eigenvalue weighted by molar-refractivity contribution is -0.143. The second-order valence-corrected chi connectivity index (χ2v) is 5.65. The van der Waals surface area contributed by atoms with E-state index in [0.717, 1.165) is 31.6 Å². The van der Waals surface area contributed by atoms with Crippen LogP contribution in [0.5, 0.6) is 0 Å². The third-order valence-electron chi connectivity index (χ3n) is 3.82. The van der Waals surface area contributed by atoms with E-state index < -0.39 is 0 Å². The van der Waals surface area contributed by atoms with Crippen molar-refractivity contribution in [1.29, 1.82) is 0 Å². The number of carbonyl (C=O) groups is 1. The summed E-state index contributed by atoms with van der Waals surface area (Å²) in [5, 5.41) is 0. The molecule has 0 saturated carbocycles. The summed E-state index contributed by atoms with van der Waals surface area (Å²) in [5.74, 6) is 0.795. The molecule has 0 saturated heterocycles. The summed E-state index contributed by atoms with van der Waals surface area (Å²) in [6.07, 6.45) is 17.3. The Hall–Kier alpha value is -0.790. The minimum absolute atomic E-state index is 0.00587. The first-order valence-electron chi connectivity index (χ1n) is 8.15. The average Bonchev–Trinajstić information content (AvgIpc) is 2.44. The van der Waals surface area contributed by atoms with E-state index in [1.165, 1.54) is 38.5 Å². The molecule has 0 N–H and O–H groups in total. The summed E-state index contributed by atoms with van der Waals surface area (Å²) in [5.41, 5.74) is 0. The first-order chi connectivity index (χ1) is 9.33. The van der Waals surface area contributed by atoms with E-state index in [-0.39, 0.29) is 5.97 Å². The van der Waals surface area contributed by atoms with Gasteiger partial charge in [-0.25, -0.2) is 0 Å². The Morgan fingerprint density at radius 2 is 2.11 bits per heavy atom. The number of unbranched alkanes of at least 4 members (excludes halogenated alkanes) is 4. The normalized spacial score (nSPS) is 18.5. The maximum atomic E-state index is 11.4. The zero-order valence-corrected chi connectivity index (χ0v) is 12.5. The Bertz CT molecular complexity index is 258. The van der Waals surface area contributed by atoms with Crippen LogP contribution in [0.2, 0.25) is 0 Å². The van der Waals surface area contributed by atoms with Gasteiger partial charge in [-0.2, -0.15) is 0 Å². The number of esters is 1. The molecule has 0 amide bonds. The largest absolute Gasteiger partial charge is 0.466 e. The van der Waals surface area contributed by atoms with E-state index in [4.69, 9.17) is 4.74 Å². The van der Waals surface area contributed by atoms with Gasteiger partial charge in [0.2, 0.25) is 0 Å². The van der Waals surface area contributed by atoms with Crippen molar-refractivity contribution < 1.29 is 9.53 Å². The minimum Gasteiger partial charge on any atom is -0.466 e. The van der Waals surface area contributed by atoms with Crippen molar-refractivity contribution in [3.63, 3.8) is 0 Å². The fourth-order valence-corrected chi connectivity index (χ4v) is 2.59. The van der Waals surface area contributed by atoms with Gasteiger partial charge in [0.25, 0.3) is 0 Å². The first-order valence-corrected chi connectivity index (χ1v) is 8.15. The summed E-state index contributed by atoms with van der Waals surface area (Å²) in [7, 11) is 0. The van der Waals surface area contributed by atoms with Crippen molar-refractivity contribution in [2.75, 3.05) is 6.61 Å². The molecule has 0 spiro atoms. The number of allylic oxidation sites excluding steroid dienone is 2. The van der Waals surface area contributed by atoms with Gasteiger partial charge >= 0.3 is 5.97 Å². The van der Waals surface area contributed by atoms with Gasteiger partial charge in [0, 0.05) is 6.42 Å². The van der Waals surface area contributed by atoms with Crippen molar-refractivity contribution in [3.05, 3.63) is 12.2 Å². The molecule has 110 valence electrons. The van der Waals surface area contributed by atoms with Crippen molar-refractivity contribution >= 4 is 5.97 Å². The summed E-state index contributed by atoms with van der Waals surface area (Å²) in [6.45, 7) is 2.77. The smallest absolute Gasteiger partial charge is 0.305 e. The highest BCUT2D eigenvalue weighted by molar-refractivity contribution is 5.69. The monoisotopic (exact) mass is 266 g/mol. The van der Waals surface area contributed by atoms with E-state index in [0.29, 0.717) is 13.0 Å². The highest BCUT2D eigenvalue weighted by Gasteiger charge is 2.08. The van der Waals surface area contributed by atoms with Gasteiger partial charge in [-0.1, -0.05) is 44.8 Å². The molecular formula is C17H30O2. The van der Waals surface area contributed by atoms with E-state index >= 15 is 0 Å². The van der Waals surface area contributed by atoms with Crippen LogP contribution in [0.15, 0.2) is 12.2 Å². The third kappa shape index (κ3) is 8.85. The van der Waals surface area contributed by atoms with Crippen LogP contribution in [-0.2, 0) is 9.53 Å². The van der Waals surface area contributed by atoms with Crippen LogP contribution in [0.4, 0.5) is 0 Å². The fourth-order valence-electron chi connectivity index (χ4n) is 2.59. The number of carbonyl (C=O) groups excluding carboxylic acids is 1. The number of rotatable bonds is 10. The van der Waals surface area contributed by atoms with Crippen LogP contribution < -0.4 is 0 Å².